The van der Waals surface area contributed by atoms with Gasteiger partial charge in [-0.05, 0) is 36.2 Å². The molecular weight excluding hydrogens is 283 g/mol. The molecule has 1 aromatic heterocycles. The molecular formula is C13H13FN2O3S. The Balaban J connectivity index is 1.96. The van der Waals surface area contributed by atoms with Crippen LogP contribution in [0.1, 0.15) is 12.5 Å². The van der Waals surface area contributed by atoms with Crippen molar-refractivity contribution < 1.29 is 12.8 Å². The standard InChI is InChI=1S/C13H13FN2O3S/c14-10-3-1-9(2-4-10)12-7-13(17)16(15-12)11-5-6-20(18,19)8-11/h1-4,7,11,15H,5-6,8H2/t11-/m0/s1. The van der Waals surface area contributed by atoms with Gasteiger partial charge in [-0.3, -0.25) is 9.89 Å². The highest BCUT2D eigenvalue weighted by Gasteiger charge is 2.30. The first-order valence-electron chi connectivity index (χ1n) is 6.22. The molecule has 0 unspecified atom stereocenters. The predicted octanol–water partition coefficient (Wildman–Crippen LogP) is 1.34. The molecule has 3 rings (SSSR count). The normalized spacial score (nSPS) is 21.1. The number of rotatable bonds is 2. The fraction of sp³-hybridized carbons (Fsp3) is 0.308. The Hall–Kier alpha value is -1.89. The molecule has 0 amide bonds. The van der Waals surface area contributed by atoms with E-state index in [-0.39, 0.29) is 28.9 Å². The Morgan fingerprint density at radius 3 is 2.55 bits per heavy atom. The molecule has 7 heteroatoms. The van der Waals surface area contributed by atoms with Crippen molar-refractivity contribution >= 4 is 9.84 Å². The molecule has 0 spiro atoms. The molecule has 1 aromatic carbocycles. The van der Waals surface area contributed by atoms with E-state index in [0.29, 0.717) is 17.7 Å². The van der Waals surface area contributed by atoms with E-state index in [1.54, 1.807) is 12.1 Å². The highest BCUT2D eigenvalue weighted by molar-refractivity contribution is 7.91. The molecule has 1 aliphatic heterocycles. The van der Waals surface area contributed by atoms with Gasteiger partial charge in [0.25, 0.3) is 5.56 Å². The van der Waals surface area contributed by atoms with Gasteiger partial charge in [0.15, 0.2) is 9.84 Å². The van der Waals surface area contributed by atoms with Gasteiger partial charge in [0.05, 0.1) is 23.2 Å². The number of benzene rings is 1. The van der Waals surface area contributed by atoms with Gasteiger partial charge in [0.1, 0.15) is 5.82 Å². The summed E-state index contributed by atoms with van der Waals surface area (Å²) in [5, 5.41) is 2.91. The molecule has 0 radical (unpaired) electrons. The summed E-state index contributed by atoms with van der Waals surface area (Å²) in [6.07, 6.45) is 0.436. The second-order valence-corrected chi connectivity index (χ2v) is 7.17. The predicted molar refractivity (Wildman–Crippen MR) is 72.8 cm³/mol. The lowest BCUT2D eigenvalue weighted by Gasteiger charge is -2.08. The van der Waals surface area contributed by atoms with Crippen molar-refractivity contribution in [2.45, 2.75) is 12.5 Å². The van der Waals surface area contributed by atoms with Crippen LogP contribution in [-0.4, -0.2) is 29.7 Å². The number of aromatic nitrogens is 2. The number of H-pyrrole nitrogens is 1. The van der Waals surface area contributed by atoms with Crippen molar-refractivity contribution in [3.63, 3.8) is 0 Å². The van der Waals surface area contributed by atoms with Crippen LogP contribution in [-0.2, 0) is 9.84 Å². The van der Waals surface area contributed by atoms with Gasteiger partial charge in [0.2, 0.25) is 0 Å². The zero-order chi connectivity index (χ0) is 14.3. The number of sulfone groups is 1. The summed E-state index contributed by atoms with van der Waals surface area (Å²) < 4.78 is 37.2. The van der Waals surface area contributed by atoms with Crippen LogP contribution in [0, 0.1) is 5.82 Å². The van der Waals surface area contributed by atoms with E-state index < -0.39 is 9.84 Å². The third-order valence-corrected chi connectivity index (χ3v) is 5.23. The van der Waals surface area contributed by atoms with E-state index in [2.05, 4.69) is 5.10 Å². The molecule has 5 nitrogen and oxygen atoms in total. The van der Waals surface area contributed by atoms with Crippen molar-refractivity contribution in [1.82, 2.24) is 9.78 Å². The quantitative estimate of drug-likeness (QED) is 0.909. The molecule has 1 saturated heterocycles. The van der Waals surface area contributed by atoms with Crippen molar-refractivity contribution in [1.29, 1.82) is 0 Å². The van der Waals surface area contributed by atoms with Gasteiger partial charge >= 0.3 is 0 Å². The van der Waals surface area contributed by atoms with Crippen molar-refractivity contribution in [2.24, 2.45) is 0 Å². The molecule has 1 atom stereocenters. The van der Waals surface area contributed by atoms with Crippen LogP contribution in [0.15, 0.2) is 35.1 Å². The minimum atomic E-state index is -3.05. The average molecular weight is 296 g/mol. The molecule has 1 aliphatic rings. The summed E-state index contributed by atoms with van der Waals surface area (Å²) in [7, 11) is -3.05. The first-order chi connectivity index (χ1) is 9.44. The van der Waals surface area contributed by atoms with Crippen LogP contribution in [0.4, 0.5) is 4.39 Å². The van der Waals surface area contributed by atoms with Crippen LogP contribution in [0.3, 0.4) is 0 Å². The van der Waals surface area contributed by atoms with Gasteiger partial charge < -0.3 is 0 Å². The smallest absolute Gasteiger partial charge is 0.267 e. The first kappa shape index (κ1) is 13.1. The number of aromatic amines is 1. The maximum atomic E-state index is 12.9. The molecule has 2 heterocycles. The molecule has 0 aliphatic carbocycles. The fourth-order valence-electron chi connectivity index (χ4n) is 2.44. The summed E-state index contributed by atoms with van der Waals surface area (Å²) in [5.74, 6) is -0.261. The van der Waals surface area contributed by atoms with E-state index in [4.69, 9.17) is 0 Å². The number of nitrogens with one attached hydrogen (secondary N) is 1. The Morgan fingerprint density at radius 2 is 1.95 bits per heavy atom. The van der Waals surface area contributed by atoms with E-state index in [0.717, 1.165) is 0 Å². The van der Waals surface area contributed by atoms with Crippen LogP contribution in [0.5, 0.6) is 0 Å². The Morgan fingerprint density at radius 1 is 1.25 bits per heavy atom. The molecule has 106 valence electrons. The third-order valence-electron chi connectivity index (χ3n) is 3.47. The molecule has 1 N–H and O–H groups in total. The summed E-state index contributed by atoms with van der Waals surface area (Å²) in [5.41, 5.74) is 0.967. The first-order valence-corrected chi connectivity index (χ1v) is 8.05. The van der Waals surface area contributed by atoms with E-state index in [1.165, 1.54) is 22.9 Å². The molecule has 0 saturated carbocycles. The fourth-order valence-corrected chi connectivity index (χ4v) is 4.14. The van der Waals surface area contributed by atoms with Gasteiger partial charge in [-0.15, -0.1) is 0 Å². The van der Waals surface area contributed by atoms with Gasteiger partial charge in [-0.2, -0.15) is 0 Å². The lowest BCUT2D eigenvalue weighted by Crippen LogP contribution is -2.22. The van der Waals surface area contributed by atoms with Crippen molar-refractivity contribution in [2.75, 3.05) is 11.5 Å². The van der Waals surface area contributed by atoms with E-state index >= 15 is 0 Å². The monoisotopic (exact) mass is 296 g/mol. The topological polar surface area (TPSA) is 71.9 Å². The van der Waals surface area contributed by atoms with E-state index in [1.807, 2.05) is 0 Å². The summed E-state index contributed by atoms with van der Waals surface area (Å²) in [6.45, 7) is 0. The lowest BCUT2D eigenvalue weighted by atomic mass is 10.1. The maximum absolute atomic E-state index is 12.9. The second kappa shape index (κ2) is 4.59. The maximum Gasteiger partial charge on any atom is 0.267 e. The lowest BCUT2D eigenvalue weighted by molar-refractivity contribution is 0.487. The number of halogens is 1. The highest BCUT2D eigenvalue weighted by Crippen LogP contribution is 2.23. The molecule has 1 fully saturated rings. The molecule has 0 bridgehead atoms. The minimum Gasteiger partial charge on any atom is -0.295 e. The third kappa shape index (κ3) is 2.40. The number of nitrogens with zero attached hydrogens (tertiary/aromatic N) is 1. The Labute approximate surface area is 115 Å². The second-order valence-electron chi connectivity index (χ2n) is 4.94. The van der Waals surface area contributed by atoms with Gasteiger partial charge in [-0.25, -0.2) is 17.5 Å². The van der Waals surface area contributed by atoms with Crippen LogP contribution in [0.2, 0.25) is 0 Å². The summed E-state index contributed by atoms with van der Waals surface area (Å²) in [6, 6.07) is 6.81. The largest absolute Gasteiger partial charge is 0.295 e. The van der Waals surface area contributed by atoms with Crippen LogP contribution >= 0.6 is 0 Å². The van der Waals surface area contributed by atoms with Gasteiger partial charge in [0, 0.05) is 6.07 Å². The average Bonchev–Trinajstić information content (AvgIpc) is 2.93. The zero-order valence-electron chi connectivity index (χ0n) is 10.5. The zero-order valence-corrected chi connectivity index (χ0v) is 11.4. The minimum absolute atomic E-state index is 0.0176. The number of hydrogen-bond acceptors (Lipinski definition) is 3. The Kier molecular flexibility index (Phi) is 3.01. The van der Waals surface area contributed by atoms with Gasteiger partial charge in [-0.1, -0.05) is 0 Å². The van der Waals surface area contributed by atoms with Crippen molar-refractivity contribution in [3.8, 4) is 11.3 Å². The Bertz CT molecular complexity index is 790. The SMILES string of the molecule is O=c1cc(-c2ccc(F)cc2)[nH]n1[C@H]1CCS(=O)(=O)C1. The highest BCUT2D eigenvalue weighted by atomic mass is 32.2. The van der Waals surface area contributed by atoms with Crippen molar-refractivity contribution in [3.05, 3.63) is 46.5 Å². The van der Waals surface area contributed by atoms with E-state index in [9.17, 15) is 17.6 Å². The van der Waals surface area contributed by atoms with Crippen LogP contribution in [0.25, 0.3) is 11.3 Å². The number of hydrogen-bond donors (Lipinski definition) is 1. The van der Waals surface area contributed by atoms with Crippen LogP contribution < -0.4 is 5.56 Å². The molecule has 2 aromatic rings. The molecule has 20 heavy (non-hydrogen) atoms. The summed E-state index contributed by atoms with van der Waals surface area (Å²) in [4.78, 5) is 11.9. The summed E-state index contributed by atoms with van der Waals surface area (Å²) >= 11 is 0.